The summed E-state index contributed by atoms with van der Waals surface area (Å²) in [5, 5.41) is 3.58. The summed E-state index contributed by atoms with van der Waals surface area (Å²) in [6, 6.07) is 1.80. The molecule has 2 rings (SSSR count). The molecule has 0 aliphatic heterocycles. The molecule has 0 amide bonds. The molecule has 0 unspecified atom stereocenters. The lowest BCUT2D eigenvalue weighted by Crippen LogP contribution is -2.13. The van der Waals surface area contributed by atoms with E-state index >= 15 is 0 Å². The fraction of sp³-hybridized carbons (Fsp3) is 0.500. The van der Waals surface area contributed by atoms with Gasteiger partial charge in [-0.15, -0.1) is 0 Å². The maximum atomic E-state index is 5.68. The molecule has 1 saturated carbocycles. The maximum Gasteiger partial charge on any atom is 0.158 e. The largest absolute Gasteiger partial charge is 0.387 e. The molecule has 1 aliphatic rings. The lowest BCUT2D eigenvalue weighted by molar-refractivity contribution is 0.385. The number of hydrogen-bond donors (Lipinski definition) is 1. The minimum Gasteiger partial charge on any atom is -0.387 e. The first-order valence-corrected chi connectivity index (χ1v) is 4.05. The van der Waals surface area contributed by atoms with Crippen LogP contribution in [0.4, 0.5) is 0 Å². The Balaban J connectivity index is 1.91. The van der Waals surface area contributed by atoms with Crippen LogP contribution >= 0.6 is 0 Å². The number of aliphatic imine (C=N–C) groups is 1. The summed E-state index contributed by atoms with van der Waals surface area (Å²) in [6.07, 6.45) is 3.98. The SMILES string of the molecule is NC(=NCc1ccno1)C1CC1. The number of nitrogens with two attached hydrogens (primary N) is 1. The van der Waals surface area contributed by atoms with Crippen molar-refractivity contribution < 1.29 is 4.52 Å². The van der Waals surface area contributed by atoms with Gasteiger partial charge in [-0.25, -0.2) is 0 Å². The average molecular weight is 165 g/mol. The van der Waals surface area contributed by atoms with Crippen LogP contribution in [0.25, 0.3) is 0 Å². The smallest absolute Gasteiger partial charge is 0.158 e. The van der Waals surface area contributed by atoms with Crippen molar-refractivity contribution in [3.8, 4) is 0 Å². The van der Waals surface area contributed by atoms with E-state index in [1.54, 1.807) is 12.3 Å². The molecule has 0 radical (unpaired) electrons. The van der Waals surface area contributed by atoms with Crippen molar-refractivity contribution in [3.63, 3.8) is 0 Å². The van der Waals surface area contributed by atoms with Gasteiger partial charge in [0.15, 0.2) is 5.76 Å². The van der Waals surface area contributed by atoms with E-state index in [0.717, 1.165) is 11.6 Å². The molecule has 12 heavy (non-hydrogen) atoms. The lowest BCUT2D eigenvalue weighted by atomic mass is 10.4. The van der Waals surface area contributed by atoms with Crippen LogP contribution in [-0.4, -0.2) is 11.0 Å². The predicted octanol–water partition coefficient (Wildman–Crippen LogP) is 0.942. The van der Waals surface area contributed by atoms with Gasteiger partial charge in [-0.1, -0.05) is 5.16 Å². The number of aromatic nitrogens is 1. The van der Waals surface area contributed by atoms with Gasteiger partial charge in [0, 0.05) is 12.0 Å². The van der Waals surface area contributed by atoms with Gasteiger partial charge < -0.3 is 10.3 Å². The number of nitrogens with zero attached hydrogens (tertiary/aromatic N) is 2. The molecule has 1 aromatic heterocycles. The number of hydrogen-bond acceptors (Lipinski definition) is 3. The quantitative estimate of drug-likeness (QED) is 0.535. The van der Waals surface area contributed by atoms with Crippen LogP contribution in [0.3, 0.4) is 0 Å². The molecule has 2 N–H and O–H groups in total. The predicted molar refractivity (Wildman–Crippen MR) is 44.6 cm³/mol. The van der Waals surface area contributed by atoms with Crippen LogP contribution in [0.15, 0.2) is 21.8 Å². The lowest BCUT2D eigenvalue weighted by Gasteiger charge is -1.94. The average Bonchev–Trinajstić information content (AvgIpc) is 2.80. The van der Waals surface area contributed by atoms with Gasteiger partial charge in [-0.3, -0.25) is 4.99 Å². The van der Waals surface area contributed by atoms with E-state index in [9.17, 15) is 0 Å². The van der Waals surface area contributed by atoms with Crippen molar-refractivity contribution in [2.24, 2.45) is 16.6 Å². The van der Waals surface area contributed by atoms with E-state index in [2.05, 4.69) is 10.1 Å². The molecular weight excluding hydrogens is 154 g/mol. The molecule has 0 aromatic carbocycles. The Morgan fingerprint density at radius 2 is 2.58 bits per heavy atom. The van der Waals surface area contributed by atoms with E-state index in [4.69, 9.17) is 10.3 Å². The Morgan fingerprint density at radius 3 is 3.17 bits per heavy atom. The fourth-order valence-electron chi connectivity index (χ4n) is 1.00. The highest BCUT2D eigenvalue weighted by atomic mass is 16.5. The molecule has 64 valence electrons. The van der Waals surface area contributed by atoms with E-state index in [1.165, 1.54) is 12.8 Å². The summed E-state index contributed by atoms with van der Waals surface area (Å²) in [6.45, 7) is 0.516. The Hall–Kier alpha value is -1.32. The Morgan fingerprint density at radius 1 is 1.75 bits per heavy atom. The molecule has 4 nitrogen and oxygen atoms in total. The van der Waals surface area contributed by atoms with Crippen LogP contribution in [-0.2, 0) is 6.54 Å². The van der Waals surface area contributed by atoms with Gasteiger partial charge in [0.25, 0.3) is 0 Å². The van der Waals surface area contributed by atoms with Gasteiger partial charge >= 0.3 is 0 Å². The molecule has 1 aromatic rings. The standard InChI is InChI=1S/C8H11N3O/c9-8(6-1-2-6)10-5-7-3-4-11-12-7/h3-4,6H,1-2,5H2,(H2,9,10). The van der Waals surface area contributed by atoms with E-state index in [0.29, 0.717) is 12.5 Å². The molecule has 1 heterocycles. The molecule has 0 spiro atoms. The van der Waals surface area contributed by atoms with Crippen LogP contribution < -0.4 is 5.73 Å². The monoisotopic (exact) mass is 165 g/mol. The third kappa shape index (κ3) is 1.64. The first-order chi connectivity index (χ1) is 5.86. The second-order valence-corrected chi connectivity index (χ2v) is 2.99. The summed E-state index contributed by atoms with van der Waals surface area (Å²) in [7, 11) is 0. The molecular formula is C8H11N3O. The van der Waals surface area contributed by atoms with Gasteiger partial charge in [0.2, 0.25) is 0 Å². The fourth-order valence-corrected chi connectivity index (χ4v) is 1.00. The Labute approximate surface area is 70.5 Å². The minimum atomic E-state index is 0.516. The Bertz CT molecular complexity index is 275. The molecule has 1 aliphatic carbocycles. The summed E-state index contributed by atoms with van der Waals surface area (Å²) in [5.41, 5.74) is 5.68. The highest BCUT2D eigenvalue weighted by molar-refractivity contribution is 5.84. The van der Waals surface area contributed by atoms with Crippen LogP contribution in [0.1, 0.15) is 18.6 Å². The summed E-state index contributed by atoms with van der Waals surface area (Å²) < 4.78 is 4.87. The van der Waals surface area contributed by atoms with E-state index in [-0.39, 0.29) is 0 Å². The molecule has 0 atom stereocenters. The van der Waals surface area contributed by atoms with Crippen molar-refractivity contribution in [1.82, 2.24) is 5.16 Å². The van der Waals surface area contributed by atoms with Gasteiger partial charge in [-0.2, -0.15) is 0 Å². The summed E-state index contributed by atoms with van der Waals surface area (Å²) >= 11 is 0. The number of rotatable bonds is 3. The zero-order valence-corrected chi connectivity index (χ0v) is 6.73. The molecule has 4 heteroatoms. The zero-order valence-electron chi connectivity index (χ0n) is 6.73. The van der Waals surface area contributed by atoms with Crippen LogP contribution in [0, 0.1) is 5.92 Å². The normalized spacial score (nSPS) is 18.2. The topological polar surface area (TPSA) is 64.4 Å². The molecule has 1 fully saturated rings. The zero-order chi connectivity index (χ0) is 8.39. The molecule has 0 saturated heterocycles. The van der Waals surface area contributed by atoms with Gasteiger partial charge in [0.05, 0.1) is 12.0 Å². The third-order valence-electron chi connectivity index (χ3n) is 1.90. The highest BCUT2D eigenvalue weighted by Gasteiger charge is 2.25. The first-order valence-electron chi connectivity index (χ1n) is 4.05. The van der Waals surface area contributed by atoms with Gasteiger partial charge in [0.1, 0.15) is 6.54 Å². The van der Waals surface area contributed by atoms with Crippen molar-refractivity contribution in [2.45, 2.75) is 19.4 Å². The van der Waals surface area contributed by atoms with Crippen molar-refractivity contribution in [1.29, 1.82) is 0 Å². The third-order valence-corrected chi connectivity index (χ3v) is 1.90. The highest BCUT2D eigenvalue weighted by Crippen LogP contribution is 2.28. The van der Waals surface area contributed by atoms with Crippen molar-refractivity contribution in [3.05, 3.63) is 18.0 Å². The summed E-state index contributed by atoms with van der Waals surface area (Å²) in [4.78, 5) is 4.19. The van der Waals surface area contributed by atoms with Crippen molar-refractivity contribution in [2.75, 3.05) is 0 Å². The van der Waals surface area contributed by atoms with Crippen LogP contribution in [0.5, 0.6) is 0 Å². The van der Waals surface area contributed by atoms with Gasteiger partial charge in [-0.05, 0) is 12.8 Å². The van der Waals surface area contributed by atoms with E-state index < -0.39 is 0 Å². The van der Waals surface area contributed by atoms with Crippen molar-refractivity contribution >= 4 is 5.84 Å². The summed E-state index contributed by atoms with van der Waals surface area (Å²) in [5.74, 6) is 2.05. The van der Waals surface area contributed by atoms with E-state index in [1.807, 2.05) is 0 Å². The maximum absolute atomic E-state index is 5.68. The first kappa shape index (κ1) is 7.34. The van der Waals surface area contributed by atoms with Crippen LogP contribution in [0.2, 0.25) is 0 Å². The second kappa shape index (κ2) is 2.97. The number of amidine groups is 1. The Kier molecular flexibility index (Phi) is 1.81. The molecule has 0 bridgehead atoms. The minimum absolute atomic E-state index is 0.516. The second-order valence-electron chi connectivity index (χ2n) is 2.99.